The van der Waals surface area contributed by atoms with E-state index < -0.39 is 6.10 Å². The van der Waals surface area contributed by atoms with Gasteiger partial charge in [-0.05, 0) is 30.5 Å². The van der Waals surface area contributed by atoms with E-state index in [1.54, 1.807) is 0 Å². The lowest BCUT2D eigenvalue weighted by Crippen LogP contribution is -2.21. The number of carbonyl (C=O) groups excluding carboxylic acids is 1. The molecule has 1 unspecified atom stereocenters. The van der Waals surface area contributed by atoms with Crippen molar-refractivity contribution in [1.29, 1.82) is 0 Å². The van der Waals surface area contributed by atoms with E-state index in [0.717, 1.165) is 16.9 Å². The fourth-order valence-corrected chi connectivity index (χ4v) is 1.93. The minimum atomic E-state index is -0.588. The molecule has 0 spiro atoms. The number of carbonyl (C=O) groups is 1. The van der Waals surface area contributed by atoms with Crippen LogP contribution in [0.25, 0.3) is 0 Å². The van der Waals surface area contributed by atoms with Gasteiger partial charge in [0.1, 0.15) is 0 Å². The summed E-state index contributed by atoms with van der Waals surface area (Å²) in [7, 11) is 0. The van der Waals surface area contributed by atoms with Crippen molar-refractivity contribution in [3.05, 3.63) is 23.8 Å². The SMILES string of the molecule is Cc1c(NCC(O)CCl)cccc1NC(=O)CC(C)C. The minimum Gasteiger partial charge on any atom is -0.390 e. The Morgan fingerprint density at radius 2 is 2.00 bits per heavy atom. The highest BCUT2D eigenvalue weighted by Crippen LogP contribution is 2.23. The van der Waals surface area contributed by atoms with Gasteiger partial charge >= 0.3 is 0 Å². The Kier molecular flexibility index (Phi) is 6.82. The first-order valence-corrected chi connectivity index (χ1v) is 7.34. The highest BCUT2D eigenvalue weighted by atomic mass is 35.5. The molecule has 5 heteroatoms. The first-order chi connectivity index (χ1) is 9.43. The Morgan fingerprint density at radius 1 is 1.35 bits per heavy atom. The van der Waals surface area contributed by atoms with Gasteiger partial charge in [-0.1, -0.05) is 19.9 Å². The summed E-state index contributed by atoms with van der Waals surface area (Å²) in [6, 6.07) is 5.65. The van der Waals surface area contributed by atoms with Gasteiger partial charge in [0, 0.05) is 24.3 Å². The molecule has 1 rings (SSSR count). The molecule has 0 fully saturated rings. The van der Waals surface area contributed by atoms with Crippen LogP contribution < -0.4 is 10.6 Å². The van der Waals surface area contributed by atoms with Crippen molar-refractivity contribution in [2.24, 2.45) is 5.92 Å². The van der Waals surface area contributed by atoms with E-state index in [9.17, 15) is 9.90 Å². The molecule has 0 bridgehead atoms. The molecular formula is C15H23ClN2O2. The van der Waals surface area contributed by atoms with Crippen molar-refractivity contribution in [3.63, 3.8) is 0 Å². The quantitative estimate of drug-likeness (QED) is 0.678. The molecule has 0 aliphatic carbocycles. The molecule has 112 valence electrons. The van der Waals surface area contributed by atoms with E-state index in [1.165, 1.54) is 0 Å². The van der Waals surface area contributed by atoms with E-state index in [-0.39, 0.29) is 11.8 Å². The molecule has 0 saturated heterocycles. The molecular weight excluding hydrogens is 276 g/mol. The summed E-state index contributed by atoms with van der Waals surface area (Å²) >= 11 is 5.56. The van der Waals surface area contributed by atoms with Gasteiger partial charge < -0.3 is 15.7 Å². The van der Waals surface area contributed by atoms with E-state index in [2.05, 4.69) is 10.6 Å². The van der Waals surface area contributed by atoms with E-state index in [0.29, 0.717) is 18.9 Å². The summed E-state index contributed by atoms with van der Waals surface area (Å²) in [5.74, 6) is 0.535. The molecule has 0 radical (unpaired) electrons. The van der Waals surface area contributed by atoms with Crippen molar-refractivity contribution >= 4 is 28.9 Å². The number of benzene rings is 1. The summed E-state index contributed by atoms with van der Waals surface area (Å²) < 4.78 is 0. The zero-order valence-corrected chi connectivity index (χ0v) is 13.0. The van der Waals surface area contributed by atoms with E-state index >= 15 is 0 Å². The third-order valence-electron chi connectivity index (χ3n) is 2.91. The third-order valence-corrected chi connectivity index (χ3v) is 3.26. The van der Waals surface area contributed by atoms with Crippen LogP contribution in [0, 0.1) is 12.8 Å². The molecule has 3 N–H and O–H groups in total. The number of alkyl halides is 1. The van der Waals surface area contributed by atoms with Crippen LogP contribution >= 0.6 is 11.6 Å². The van der Waals surface area contributed by atoms with Gasteiger partial charge in [0.05, 0.1) is 12.0 Å². The van der Waals surface area contributed by atoms with Gasteiger partial charge in [0.25, 0.3) is 0 Å². The van der Waals surface area contributed by atoms with Crippen LogP contribution in [0.15, 0.2) is 18.2 Å². The lowest BCUT2D eigenvalue weighted by molar-refractivity contribution is -0.116. The monoisotopic (exact) mass is 298 g/mol. The predicted octanol–water partition coefficient (Wildman–Crippen LogP) is 2.99. The molecule has 4 nitrogen and oxygen atoms in total. The van der Waals surface area contributed by atoms with E-state index in [4.69, 9.17) is 11.6 Å². The van der Waals surface area contributed by atoms with Crippen LogP contribution in [0.3, 0.4) is 0 Å². The molecule has 20 heavy (non-hydrogen) atoms. The summed E-state index contributed by atoms with van der Waals surface area (Å²) in [6.45, 7) is 6.34. The number of nitrogens with one attached hydrogen (secondary N) is 2. The van der Waals surface area contributed by atoms with Gasteiger partial charge in [-0.15, -0.1) is 11.6 Å². The smallest absolute Gasteiger partial charge is 0.224 e. The highest BCUT2D eigenvalue weighted by Gasteiger charge is 2.10. The fraction of sp³-hybridized carbons (Fsp3) is 0.533. The summed E-state index contributed by atoms with van der Waals surface area (Å²) in [4.78, 5) is 11.8. The molecule has 0 aliphatic rings. The van der Waals surface area contributed by atoms with Gasteiger partial charge in [0.2, 0.25) is 5.91 Å². The maximum Gasteiger partial charge on any atom is 0.224 e. The summed E-state index contributed by atoms with van der Waals surface area (Å²) in [6.07, 6.45) is -0.0857. The van der Waals surface area contributed by atoms with Crippen LogP contribution in [-0.4, -0.2) is 29.5 Å². The first-order valence-electron chi connectivity index (χ1n) is 6.81. The summed E-state index contributed by atoms with van der Waals surface area (Å²) in [5, 5.41) is 15.5. The fourth-order valence-electron chi connectivity index (χ4n) is 1.82. The maximum absolute atomic E-state index is 11.8. The number of halogens is 1. The standard InChI is InChI=1S/C15H23ClN2O2/c1-10(2)7-15(20)18-14-6-4-5-13(11(14)3)17-9-12(19)8-16/h4-6,10,12,17,19H,7-9H2,1-3H3,(H,18,20). The average Bonchev–Trinajstić information content (AvgIpc) is 2.38. The molecule has 0 saturated carbocycles. The number of rotatable bonds is 7. The second-order valence-electron chi connectivity index (χ2n) is 5.31. The molecule has 1 atom stereocenters. The van der Waals surface area contributed by atoms with Crippen molar-refractivity contribution in [2.75, 3.05) is 23.1 Å². The Hall–Kier alpha value is -1.26. The zero-order valence-electron chi connectivity index (χ0n) is 12.2. The lowest BCUT2D eigenvalue weighted by atomic mass is 10.1. The third kappa shape index (κ3) is 5.39. The Bertz CT molecular complexity index is 449. The second-order valence-corrected chi connectivity index (χ2v) is 5.62. The highest BCUT2D eigenvalue weighted by molar-refractivity contribution is 6.18. The zero-order chi connectivity index (χ0) is 15.1. The molecule has 1 amide bonds. The number of aliphatic hydroxyl groups is 1. The van der Waals surface area contributed by atoms with Gasteiger partial charge in [-0.3, -0.25) is 4.79 Å². The van der Waals surface area contributed by atoms with Crippen LogP contribution in [0.4, 0.5) is 11.4 Å². The van der Waals surface area contributed by atoms with Gasteiger partial charge in [0.15, 0.2) is 0 Å². The number of hydrogen-bond donors (Lipinski definition) is 3. The van der Waals surface area contributed by atoms with E-state index in [1.807, 2.05) is 39.0 Å². The molecule has 1 aromatic carbocycles. The molecule has 0 heterocycles. The Balaban J connectivity index is 2.71. The van der Waals surface area contributed by atoms with Crippen molar-refractivity contribution in [2.45, 2.75) is 33.3 Å². The van der Waals surface area contributed by atoms with Crippen molar-refractivity contribution in [1.82, 2.24) is 0 Å². The first kappa shape index (κ1) is 16.8. The van der Waals surface area contributed by atoms with Crippen LogP contribution in [0.5, 0.6) is 0 Å². The molecule has 1 aromatic rings. The van der Waals surface area contributed by atoms with Crippen molar-refractivity contribution < 1.29 is 9.90 Å². The molecule has 0 aliphatic heterocycles. The Labute approximate surface area is 125 Å². The topological polar surface area (TPSA) is 61.4 Å². The predicted molar refractivity (Wildman–Crippen MR) is 84.5 cm³/mol. The maximum atomic E-state index is 11.8. The van der Waals surface area contributed by atoms with Gasteiger partial charge in [-0.2, -0.15) is 0 Å². The largest absolute Gasteiger partial charge is 0.390 e. The number of amides is 1. The van der Waals surface area contributed by atoms with Crippen LogP contribution in [0.2, 0.25) is 0 Å². The lowest BCUT2D eigenvalue weighted by Gasteiger charge is -2.16. The number of hydrogen-bond acceptors (Lipinski definition) is 3. The minimum absolute atomic E-state index is 0.0149. The van der Waals surface area contributed by atoms with Crippen LogP contribution in [-0.2, 0) is 4.79 Å². The van der Waals surface area contributed by atoms with Crippen LogP contribution in [0.1, 0.15) is 25.8 Å². The average molecular weight is 299 g/mol. The normalized spacial score (nSPS) is 12.3. The second kappa shape index (κ2) is 8.12. The Morgan fingerprint density at radius 3 is 2.60 bits per heavy atom. The summed E-state index contributed by atoms with van der Waals surface area (Å²) in [5.41, 5.74) is 2.63. The molecule has 0 aromatic heterocycles. The number of aliphatic hydroxyl groups excluding tert-OH is 1. The van der Waals surface area contributed by atoms with Gasteiger partial charge in [-0.25, -0.2) is 0 Å². The van der Waals surface area contributed by atoms with Crippen molar-refractivity contribution in [3.8, 4) is 0 Å². The number of anilines is 2.